The molecule has 0 radical (unpaired) electrons. The van der Waals surface area contributed by atoms with Crippen molar-refractivity contribution in [2.45, 2.75) is 32.9 Å². The Bertz CT molecular complexity index is 547. The van der Waals surface area contributed by atoms with Crippen LogP contribution in [0.4, 0.5) is 0 Å². The summed E-state index contributed by atoms with van der Waals surface area (Å²) in [7, 11) is 0. The maximum atomic E-state index is 8.96. The van der Waals surface area contributed by atoms with Gasteiger partial charge in [0.2, 0.25) is 0 Å². The summed E-state index contributed by atoms with van der Waals surface area (Å²) in [5, 5.41) is 12.4. The number of aryl methyl sites for hydroxylation is 2. The monoisotopic (exact) mass is 270 g/mol. The molecule has 1 heterocycles. The Morgan fingerprint density at radius 3 is 2.58 bits per heavy atom. The fourth-order valence-corrected chi connectivity index (χ4v) is 3.05. The minimum absolute atomic E-state index is 0.105. The number of rotatable bonds is 5. The van der Waals surface area contributed by atoms with Crippen molar-refractivity contribution in [3.05, 3.63) is 57.3 Å². The van der Waals surface area contributed by atoms with E-state index in [0.717, 1.165) is 6.54 Å². The number of hydrogen-bond donors (Lipinski definition) is 1. The molecule has 0 saturated carbocycles. The summed E-state index contributed by atoms with van der Waals surface area (Å²) in [6.07, 6.45) is 0.493. The van der Waals surface area contributed by atoms with E-state index in [1.807, 2.05) is 29.5 Å². The smallest absolute Gasteiger partial charge is 0.0641 e. The van der Waals surface area contributed by atoms with Crippen molar-refractivity contribution in [2.75, 3.05) is 0 Å². The van der Waals surface area contributed by atoms with Gasteiger partial charge in [0.1, 0.15) is 0 Å². The summed E-state index contributed by atoms with van der Waals surface area (Å²) in [5.74, 6) is 0. The highest BCUT2D eigenvalue weighted by Crippen LogP contribution is 2.22. The largest absolute Gasteiger partial charge is 0.304 e. The van der Waals surface area contributed by atoms with E-state index in [1.165, 1.54) is 20.9 Å². The third-order valence-electron chi connectivity index (χ3n) is 3.24. The molecule has 1 aromatic heterocycles. The van der Waals surface area contributed by atoms with Gasteiger partial charge in [-0.1, -0.05) is 30.3 Å². The van der Waals surface area contributed by atoms with Gasteiger partial charge < -0.3 is 5.32 Å². The van der Waals surface area contributed by atoms with Crippen LogP contribution < -0.4 is 5.32 Å². The summed E-state index contributed by atoms with van der Waals surface area (Å²) < 4.78 is 0. The second-order valence-corrected chi connectivity index (χ2v) is 6.00. The van der Waals surface area contributed by atoms with Gasteiger partial charge in [0.15, 0.2) is 0 Å². The third-order valence-corrected chi connectivity index (χ3v) is 4.39. The van der Waals surface area contributed by atoms with Crippen LogP contribution in [-0.2, 0) is 6.54 Å². The molecule has 2 aromatic rings. The van der Waals surface area contributed by atoms with E-state index >= 15 is 0 Å². The van der Waals surface area contributed by atoms with Gasteiger partial charge in [0.25, 0.3) is 0 Å². The fourth-order valence-electron chi connectivity index (χ4n) is 2.05. The molecule has 1 N–H and O–H groups in total. The molecule has 1 unspecified atom stereocenters. The van der Waals surface area contributed by atoms with Crippen molar-refractivity contribution in [3.63, 3.8) is 0 Å². The van der Waals surface area contributed by atoms with E-state index in [0.29, 0.717) is 6.42 Å². The Hall–Kier alpha value is -1.63. The molecule has 0 spiro atoms. The van der Waals surface area contributed by atoms with Crippen LogP contribution in [0.2, 0.25) is 0 Å². The molecular formula is C16H18N2S. The number of benzene rings is 1. The Balaban J connectivity index is 2.04. The predicted molar refractivity (Wildman–Crippen MR) is 80.0 cm³/mol. The standard InChI is InChI=1S/C16H18N2S/c1-12-10-15(19-13(12)2)11-18-16(8-9-17)14-6-4-3-5-7-14/h3-7,10,16,18H,8,11H2,1-2H3. The van der Waals surface area contributed by atoms with Gasteiger partial charge in [-0.05, 0) is 31.0 Å². The number of nitrogens with zero attached hydrogens (tertiary/aromatic N) is 1. The third kappa shape index (κ3) is 3.66. The first-order valence-electron chi connectivity index (χ1n) is 6.42. The SMILES string of the molecule is Cc1cc(CNC(CC#N)c2ccccc2)sc1C. The number of hydrogen-bond acceptors (Lipinski definition) is 3. The number of nitriles is 1. The molecule has 0 amide bonds. The zero-order chi connectivity index (χ0) is 13.7. The van der Waals surface area contributed by atoms with Gasteiger partial charge >= 0.3 is 0 Å². The van der Waals surface area contributed by atoms with E-state index < -0.39 is 0 Å². The van der Waals surface area contributed by atoms with E-state index in [2.05, 4.69) is 43.4 Å². The van der Waals surface area contributed by atoms with E-state index in [-0.39, 0.29) is 6.04 Å². The average molecular weight is 270 g/mol. The molecule has 2 rings (SSSR count). The zero-order valence-corrected chi connectivity index (χ0v) is 12.1. The van der Waals surface area contributed by atoms with E-state index in [4.69, 9.17) is 5.26 Å². The zero-order valence-electron chi connectivity index (χ0n) is 11.3. The summed E-state index contributed by atoms with van der Waals surface area (Å²) in [6.45, 7) is 5.10. The van der Waals surface area contributed by atoms with Crippen LogP contribution in [0.3, 0.4) is 0 Å². The van der Waals surface area contributed by atoms with Crippen molar-refractivity contribution in [1.82, 2.24) is 5.32 Å². The Kier molecular flexibility index (Phi) is 4.73. The predicted octanol–water partition coefficient (Wildman–Crippen LogP) is 4.11. The molecule has 0 bridgehead atoms. The van der Waals surface area contributed by atoms with Crippen molar-refractivity contribution >= 4 is 11.3 Å². The molecule has 0 aliphatic heterocycles. The Morgan fingerprint density at radius 2 is 2.00 bits per heavy atom. The molecule has 98 valence electrons. The molecule has 19 heavy (non-hydrogen) atoms. The minimum Gasteiger partial charge on any atom is -0.304 e. The highest BCUT2D eigenvalue weighted by atomic mass is 32.1. The fraction of sp³-hybridized carbons (Fsp3) is 0.312. The van der Waals surface area contributed by atoms with E-state index in [1.54, 1.807) is 0 Å². The lowest BCUT2D eigenvalue weighted by Gasteiger charge is -2.15. The quantitative estimate of drug-likeness (QED) is 0.887. The second-order valence-electron chi connectivity index (χ2n) is 4.66. The molecule has 0 saturated heterocycles. The Morgan fingerprint density at radius 1 is 1.26 bits per heavy atom. The Labute approximate surface area is 118 Å². The van der Waals surface area contributed by atoms with Crippen LogP contribution >= 0.6 is 11.3 Å². The van der Waals surface area contributed by atoms with Gasteiger partial charge in [-0.15, -0.1) is 11.3 Å². The van der Waals surface area contributed by atoms with Gasteiger partial charge in [-0.25, -0.2) is 0 Å². The summed E-state index contributed by atoms with van der Waals surface area (Å²) in [6, 6.07) is 14.8. The van der Waals surface area contributed by atoms with Gasteiger partial charge in [0, 0.05) is 22.3 Å². The summed E-state index contributed by atoms with van der Waals surface area (Å²) in [5.41, 5.74) is 2.52. The maximum Gasteiger partial charge on any atom is 0.0641 e. The van der Waals surface area contributed by atoms with E-state index in [9.17, 15) is 0 Å². The van der Waals surface area contributed by atoms with Crippen LogP contribution in [0.15, 0.2) is 36.4 Å². The lowest BCUT2D eigenvalue weighted by Crippen LogP contribution is -2.20. The average Bonchev–Trinajstić information content (AvgIpc) is 2.75. The lowest BCUT2D eigenvalue weighted by molar-refractivity contribution is 0.546. The minimum atomic E-state index is 0.105. The number of nitrogens with one attached hydrogen (secondary N) is 1. The van der Waals surface area contributed by atoms with Crippen molar-refractivity contribution in [1.29, 1.82) is 5.26 Å². The first kappa shape index (κ1) is 13.8. The molecular weight excluding hydrogens is 252 g/mol. The molecule has 0 aliphatic carbocycles. The molecule has 1 atom stereocenters. The van der Waals surface area contributed by atoms with Crippen molar-refractivity contribution < 1.29 is 0 Å². The van der Waals surface area contributed by atoms with Crippen LogP contribution in [-0.4, -0.2) is 0 Å². The van der Waals surface area contributed by atoms with Crippen molar-refractivity contribution in [2.24, 2.45) is 0 Å². The normalized spacial score (nSPS) is 12.1. The van der Waals surface area contributed by atoms with Crippen LogP contribution in [0.25, 0.3) is 0 Å². The van der Waals surface area contributed by atoms with Gasteiger partial charge in [-0.2, -0.15) is 5.26 Å². The number of thiophene rings is 1. The van der Waals surface area contributed by atoms with Crippen LogP contribution in [0.1, 0.15) is 33.3 Å². The van der Waals surface area contributed by atoms with Crippen LogP contribution in [0.5, 0.6) is 0 Å². The molecule has 1 aromatic carbocycles. The molecule has 0 aliphatic rings. The molecule has 0 fully saturated rings. The lowest BCUT2D eigenvalue weighted by atomic mass is 10.0. The topological polar surface area (TPSA) is 35.8 Å². The van der Waals surface area contributed by atoms with Gasteiger partial charge in [0.05, 0.1) is 12.5 Å². The first-order chi connectivity index (χ1) is 9.20. The second kappa shape index (κ2) is 6.51. The van der Waals surface area contributed by atoms with Crippen molar-refractivity contribution in [3.8, 4) is 6.07 Å². The molecule has 2 nitrogen and oxygen atoms in total. The first-order valence-corrected chi connectivity index (χ1v) is 7.23. The van der Waals surface area contributed by atoms with Crippen LogP contribution in [0, 0.1) is 25.2 Å². The highest BCUT2D eigenvalue weighted by Gasteiger charge is 2.11. The summed E-state index contributed by atoms with van der Waals surface area (Å²) >= 11 is 1.82. The van der Waals surface area contributed by atoms with Gasteiger partial charge in [-0.3, -0.25) is 0 Å². The maximum absolute atomic E-state index is 8.96. The summed E-state index contributed by atoms with van der Waals surface area (Å²) in [4.78, 5) is 2.70. The molecule has 3 heteroatoms. The highest BCUT2D eigenvalue weighted by molar-refractivity contribution is 7.12.